The number of rotatable bonds is 8. The summed E-state index contributed by atoms with van der Waals surface area (Å²) in [5, 5.41) is 25.0. The molecule has 0 saturated carbocycles. The molecule has 1 rings (SSSR count). The first-order valence-corrected chi connectivity index (χ1v) is 7.47. The molecule has 1 aromatic carbocycles. The van der Waals surface area contributed by atoms with Crippen molar-refractivity contribution in [3.63, 3.8) is 0 Å². The highest BCUT2D eigenvalue weighted by Gasteiger charge is 2.13. The summed E-state index contributed by atoms with van der Waals surface area (Å²) in [7, 11) is 1.47. The lowest BCUT2D eigenvalue weighted by Gasteiger charge is -2.10. The van der Waals surface area contributed by atoms with E-state index in [1.165, 1.54) is 19.2 Å². The van der Waals surface area contributed by atoms with Gasteiger partial charge < -0.3 is 25.2 Å². The molecule has 0 atom stereocenters. The summed E-state index contributed by atoms with van der Waals surface area (Å²) in [4.78, 5) is 33.0. The Morgan fingerprint density at radius 1 is 1.32 bits per heavy atom. The summed E-state index contributed by atoms with van der Waals surface area (Å²) < 4.78 is 9.52. The topological polar surface area (TPSA) is 140 Å². The number of hydrogen-bond donors (Lipinski definition) is 3. The Morgan fingerprint density at radius 3 is 2.64 bits per heavy atom. The lowest BCUT2D eigenvalue weighted by Crippen LogP contribution is -2.34. The van der Waals surface area contributed by atoms with Crippen LogP contribution in [0.3, 0.4) is 0 Å². The van der Waals surface area contributed by atoms with Crippen molar-refractivity contribution in [2.24, 2.45) is 0 Å². The average molecular weight is 371 g/mol. The molecule has 11 heteroatoms. The van der Waals surface area contributed by atoms with Crippen molar-refractivity contribution < 1.29 is 29.1 Å². The molecule has 0 fully saturated rings. The van der Waals surface area contributed by atoms with Crippen LogP contribution in [-0.4, -0.2) is 47.3 Å². The Morgan fingerprint density at radius 2 is 2.04 bits per heavy atom. The van der Waals surface area contributed by atoms with Gasteiger partial charge >= 0.3 is 5.97 Å². The molecule has 0 aliphatic heterocycles. The van der Waals surface area contributed by atoms with Crippen molar-refractivity contribution in [2.75, 3.05) is 25.6 Å². The molecule has 0 aliphatic carbocycles. The highest BCUT2D eigenvalue weighted by molar-refractivity contribution is 7.80. The Bertz CT molecular complexity index is 666. The van der Waals surface area contributed by atoms with Crippen LogP contribution in [0.25, 0.3) is 0 Å². The number of nitrogens with zero attached hydrogens (tertiary/aromatic N) is 1. The van der Waals surface area contributed by atoms with E-state index >= 15 is 0 Å². The average Bonchev–Trinajstić information content (AvgIpc) is 2.55. The predicted octanol–water partition coefficient (Wildman–Crippen LogP) is 1.08. The minimum absolute atomic E-state index is 0.0925. The Balaban J connectivity index is 2.42. The fraction of sp³-hybridized carbons (Fsp3) is 0.357. The van der Waals surface area contributed by atoms with Gasteiger partial charge in [0, 0.05) is 19.6 Å². The lowest BCUT2D eigenvalue weighted by molar-refractivity contribution is -0.384. The van der Waals surface area contributed by atoms with E-state index in [1.54, 1.807) is 0 Å². The molecule has 10 nitrogen and oxygen atoms in total. The molecule has 1 aromatic rings. The van der Waals surface area contributed by atoms with Crippen molar-refractivity contribution in [3.05, 3.63) is 28.3 Å². The van der Waals surface area contributed by atoms with Gasteiger partial charge in [0.1, 0.15) is 12.4 Å². The van der Waals surface area contributed by atoms with Crippen molar-refractivity contribution in [3.8, 4) is 5.75 Å². The molecule has 25 heavy (non-hydrogen) atoms. The minimum Gasteiger partial charge on any atom is -0.506 e. The third-order valence-electron chi connectivity index (χ3n) is 2.80. The highest BCUT2D eigenvalue weighted by Crippen LogP contribution is 2.27. The number of hydrogen-bond acceptors (Lipinski definition) is 8. The third-order valence-corrected chi connectivity index (χ3v) is 3.00. The second-order valence-corrected chi connectivity index (χ2v) is 5.08. The molecule has 1 amide bonds. The first kappa shape index (κ1) is 20.3. The molecule has 136 valence electrons. The maximum atomic E-state index is 11.7. The van der Waals surface area contributed by atoms with Crippen molar-refractivity contribution in [1.29, 1.82) is 0 Å². The van der Waals surface area contributed by atoms with Gasteiger partial charge in [0.05, 0.1) is 29.7 Å². The van der Waals surface area contributed by atoms with Crippen LogP contribution in [0.15, 0.2) is 18.2 Å². The molecule has 3 N–H and O–H groups in total. The maximum absolute atomic E-state index is 11.7. The van der Waals surface area contributed by atoms with Crippen LogP contribution in [-0.2, 0) is 19.1 Å². The number of phenolic OH excluding ortho intramolecular Hbond substituents is 1. The smallest absolute Gasteiger partial charge is 0.306 e. The number of carbonyl (C=O) groups is 2. The zero-order valence-electron chi connectivity index (χ0n) is 13.3. The van der Waals surface area contributed by atoms with E-state index in [0.717, 1.165) is 6.07 Å². The van der Waals surface area contributed by atoms with Crippen LogP contribution < -0.4 is 10.6 Å². The van der Waals surface area contributed by atoms with E-state index in [1.807, 2.05) is 0 Å². The van der Waals surface area contributed by atoms with Crippen LogP contribution in [0, 0.1) is 10.1 Å². The summed E-state index contributed by atoms with van der Waals surface area (Å²) in [6, 6.07) is 3.37. The van der Waals surface area contributed by atoms with E-state index in [-0.39, 0.29) is 42.5 Å². The third kappa shape index (κ3) is 7.54. The quantitative estimate of drug-likeness (QED) is 0.153. The monoisotopic (exact) mass is 371 g/mol. The number of carbonyl (C=O) groups excluding carboxylic acids is 2. The Labute approximate surface area is 148 Å². The fourth-order valence-corrected chi connectivity index (χ4v) is 1.83. The van der Waals surface area contributed by atoms with Gasteiger partial charge in [-0.05, 0) is 18.3 Å². The summed E-state index contributed by atoms with van der Waals surface area (Å²) in [6.07, 6.45) is -0.263. The zero-order valence-corrected chi connectivity index (χ0v) is 14.1. The number of nitrogens with one attached hydrogen (secondary N) is 2. The molecular weight excluding hydrogens is 354 g/mol. The second-order valence-electron chi connectivity index (χ2n) is 4.67. The number of amides is 1. The molecule has 0 bridgehead atoms. The fourth-order valence-electron chi connectivity index (χ4n) is 1.61. The summed E-state index contributed by atoms with van der Waals surface area (Å²) in [6.45, 7) is 0.376. The predicted molar refractivity (Wildman–Crippen MR) is 91.2 cm³/mol. The first-order valence-electron chi connectivity index (χ1n) is 7.06. The Hall–Kier alpha value is -2.79. The van der Waals surface area contributed by atoms with Gasteiger partial charge in [-0.3, -0.25) is 19.7 Å². The standard InChI is InChI=1S/C14H17N3O7S/c1-23-6-7-24-13(20)5-4-12(19)16-14(25)15-10-3-2-9(17(21)22)8-11(10)18/h2-3,8,18H,4-7H2,1H3,(H2,15,16,19,25). The largest absolute Gasteiger partial charge is 0.506 e. The number of esters is 1. The molecule has 0 unspecified atom stereocenters. The number of ether oxygens (including phenoxy) is 2. The lowest BCUT2D eigenvalue weighted by atomic mass is 10.2. The van der Waals surface area contributed by atoms with Gasteiger partial charge in [-0.2, -0.15) is 0 Å². The summed E-state index contributed by atoms with van der Waals surface area (Å²) >= 11 is 4.90. The van der Waals surface area contributed by atoms with E-state index in [0.29, 0.717) is 0 Å². The molecule has 0 spiro atoms. The van der Waals surface area contributed by atoms with Gasteiger partial charge in [-0.1, -0.05) is 0 Å². The second kappa shape index (κ2) is 10.2. The molecule has 0 aromatic heterocycles. The number of methoxy groups -OCH3 is 1. The van der Waals surface area contributed by atoms with Gasteiger partial charge in [0.2, 0.25) is 5.91 Å². The number of phenols is 1. The Kier molecular flexibility index (Phi) is 8.23. The van der Waals surface area contributed by atoms with Crippen molar-refractivity contribution in [1.82, 2.24) is 5.32 Å². The number of thiocarbonyl (C=S) groups is 1. The van der Waals surface area contributed by atoms with E-state index in [9.17, 15) is 24.8 Å². The van der Waals surface area contributed by atoms with Gasteiger partial charge in [-0.25, -0.2) is 0 Å². The number of nitro benzene ring substituents is 1. The number of benzene rings is 1. The van der Waals surface area contributed by atoms with Crippen molar-refractivity contribution >= 4 is 40.6 Å². The molecular formula is C14H17N3O7S. The maximum Gasteiger partial charge on any atom is 0.306 e. The van der Waals surface area contributed by atoms with Crippen molar-refractivity contribution in [2.45, 2.75) is 12.8 Å². The summed E-state index contributed by atoms with van der Waals surface area (Å²) in [5.74, 6) is -1.46. The number of nitro groups is 1. The van der Waals surface area contributed by atoms with E-state index in [2.05, 4.69) is 10.6 Å². The van der Waals surface area contributed by atoms with Crippen LogP contribution in [0.2, 0.25) is 0 Å². The number of aromatic hydroxyl groups is 1. The van der Waals surface area contributed by atoms with Gasteiger partial charge in [-0.15, -0.1) is 0 Å². The van der Waals surface area contributed by atoms with Crippen LogP contribution >= 0.6 is 12.2 Å². The van der Waals surface area contributed by atoms with E-state index < -0.39 is 22.5 Å². The SMILES string of the molecule is COCCOC(=O)CCC(=O)NC(=S)Nc1ccc([N+](=O)[O-])cc1O. The number of non-ortho nitro benzene ring substituents is 1. The first-order chi connectivity index (χ1) is 11.8. The molecule has 0 heterocycles. The summed E-state index contributed by atoms with van der Waals surface area (Å²) in [5.41, 5.74) is -0.195. The van der Waals surface area contributed by atoms with Gasteiger partial charge in [0.25, 0.3) is 5.69 Å². The minimum atomic E-state index is -0.657. The molecule has 0 saturated heterocycles. The number of anilines is 1. The van der Waals surface area contributed by atoms with Gasteiger partial charge in [0.15, 0.2) is 5.11 Å². The van der Waals surface area contributed by atoms with Crippen LogP contribution in [0.5, 0.6) is 5.75 Å². The zero-order chi connectivity index (χ0) is 18.8. The van der Waals surface area contributed by atoms with E-state index in [4.69, 9.17) is 21.7 Å². The molecule has 0 radical (unpaired) electrons. The highest BCUT2D eigenvalue weighted by atomic mass is 32.1. The normalized spacial score (nSPS) is 9.96. The molecule has 0 aliphatic rings. The van der Waals surface area contributed by atoms with Crippen LogP contribution in [0.4, 0.5) is 11.4 Å². The van der Waals surface area contributed by atoms with Crippen LogP contribution in [0.1, 0.15) is 12.8 Å².